The lowest BCUT2D eigenvalue weighted by atomic mass is 10.2. The van der Waals surface area contributed by atoms with Gasteiger partial charge < -0.3 is 0 Å². The Balaban J connectivity index is 1.81. The molecular formula is C16H12BrClN4S. The molecule has 0 bridgehead atoms. The van der Waals surface area contributed by atoms with E-state index in [9.17, 15) is 0 Å². The van der Waals surface area contributed by atoms with Gasteiger partial charge in [-0.15, -0.1) is 0 Å². The molecule has 0 aliphatic heterocycles. The molecule has 0 amide bonds. The predicted molar refractivity (Wildman–Crippen MR) is 98.7 cm³/mol. The molecule has 116 valence electrons. The lowest BCUT2D eigenvalue weighted by Gasteiger charge is -2.03. The Hall–Kier alpha value is -1.76. The van der Waals surface area contributed by atoms with Gasteiger partial charge in [0.05, 0.1) is 12.8 Å². The molecule has 7 heteroatoms. The molecule has 1 aromatic heterocycles. The van der Waals surface area contributed by atoms with E-state index in [2.05, 4.69) is 26.1 Å². The number of benzene rings is 2. The fourth-order valence-electron chi connectivity index (χ4n) is 1.98. The van der Waals surface area contributed by atoms with Crippen molar-refractivity contribution in [3.8, 4) is 0 Å². The van der Waals surface area contributed by atoms with Crippen molar-refractivity contribution in [2.24, 2.45) is 5.10 Å². The van der Waals surface area contributed by atoms with Crippen LogP contribution in [0.15, 0.2) is 64.4 Å². The number of nitrogens with zero attached hydrogens (tertiary/aromatic N) is 4. The molecule has 3 rings (SSSR count). The second-order valence-corrected chi connectivity index (χ2v) is 6.49. The van der Waals surface area contributed by atoms with Gasteiger partial charge >= 0.3 is 0 Å². The maximum absolute atomic E-state index is 6.17. The molecular weight excluding hydrogens is 396 g/mol. The van der Waals surface area contributed by atoms with E-state index in [1.807, 2.05) is 48.5 Å². The predicted octanol–water partition coefficient (Wildman–Crippen LogP) is 4.76. The monoisotopic (exact) mass is 406 g/mol. The summed E-state index contributed by atoms with van der Waals surface area (Å²) in [6.45, 7) is 0.513. The van der Waals surface area contributed by atoms with Gasteiger partial charge in [-0.1, -0.05) is 57.9 Å². The van der Waals surface area contributed by atoms with Gasteiger partial charge in [-0.25, -0.2) is 4.68 Å². The molecule has 2 aromatic carbocycles. The minimum atomic E-state index is 0.512. The minimum Gasteiger partial charge on any atom is -0.232 e. The third kappa shape index (κ3) is 3.96. The molecule has 0 fully saturated rings. The molecule has 0 unspecified atom stereocenters. The molecule has 0 saturated heterocycles. The summed E-state index contributed by atoms with van der Waals surface area (Å²) in [7, 11) is 0. The number of aromatic nitrogens is 3. The molecule has 0 radical (unpaired) electrons. The zero-order valence-corrected chi connectivity index (χ0v) is 15.1. The summed E-state index contributed by atoms with van der Waals surface area (Å²) in [5.74, 6) is 0. The maximum Gasteiger partial charge on any atom is 0.219 e. The number of halogens is 2. The first kappa shape index (κ1) is 16.1. The van der Waals surface area contributed by atoms with Crippen LogP contribution >= 0.6 is 39.7 Å². The normalized spacial score (nSPS) is 11.2. The Morgan fingerprint density at radius 2 is 1.91 bits per heavy atom. The highest BCUT2D eigenvalue weighted by molar-refractivity contribution is 9.10. The van der Waals surface area contributed by atoms with Crippen molar-refractivity contribution in [1.82, 2.24) is 14.5 Å². The molecule has 1 heterocycles. The number of hydrogen-bond donors (Lipinski definition) is 0. The molecule has 0 atom stereocenters. The average Bonchev–Trinajstić information content (AvgIpc) is 2.90. The lowest BCUT2D eigenvalue weighted by molar-refractivity contribution is 0.666. The van der Waals surface area contributed by atoms with E-state index in [1.165, 1.54) is 0 Å². The van der Waals surface area contributed by atoms with Crippen LogP contribution in [0.4, 0.5) is 0 Å². The van der Waals surface area contributed by atoms with Crippen LogP contribution in [-0.4, -0.2) is 20.7 Å². The van der Waals surface area contributed by atoms with Crippen LogP contribution in [0.5, 0.6) is 0 Å². The lowest BCUT2D eigenvalue weighted by Crippen LogP contribution is -2.03. The summed E-state index contributed by atoms with van der Waals surface area (Å²) in [6, 6.07) is 15.5. The SMILES string of the molecule is S=c1n(/N=C/c2ccc(Br)cc2)cnn1Cc1ccccc1Cl. The van der Waals surface area contributed by atoms with Crippen LogP contribution in [0.25, 0.3) is 0 Å². The van der Waals surface area contributed by atoms with Crippen molar-refractivity contribution in [3.05, 3.63) is 80.3 Å². The van der Waals surface area contributed by atoms with Gasteiger partial charge in [0.15, 0.2) is 0 Å². The van der Waals surface area contributed by atoms with Gasteiger partial charge in [0.25, 0.3) is 0 Å². The summed E-state index contributed by atoms with van der Waals surface area (Å²) < 4.78 is 4.79. The highest BCUT2D eigenvalue weighted by Gasteiger charge is 2.04. The van der Waals surface area contributed by atoms with E-state index in [0.29, 0.717) is 16.3 Å². The first-order chi connectivity index (χ1) is 11.1. The van der Waals surface area contributed by atoms with Crippen molar-refractivity contribution in [2.75, 3.05) is 0 Å². The second-order valence-electron chi connectivity index (χ2n) is 4.80. The number of rotatable bonds is 4. The van der Waals surface area contributed by atoms with E-state index >= 15 is 0 Å². The topological polar surface area (TPSA) is 35.1 Å². The fraction of sp³-hybridized carbons (Fsp3) is 0.0625. The van der Waals surface area contributed by atoms with Crippen molar-refractivity contribution < 1.29 is 0 Å². The van der Waals surface area contributed by atoms with Crippen LogP contribution in [-0.2, 0) is 6.54 Å². The Morgan fingerprint density at radius 1 is 1.17 bits per heavy atom. The van der Waals surface area contributed by atoms with Crippen LogP contribution in [0.3, 0.4) is 0 Å². The zero-order valence-electron chi connectivity index (χ0n) is 11.9. The Bertz CT molecular complexity index is 899. The van der Waals surface area contributed by atoms with Crippen molar-refractivity contribution in [3.63, 3.8) is 0 Å². The summed E-state index contributed by atoms with van der Waals surface area (Å²) in [5.41, 5.74) is 1.95. The van der Waals surface area contributed by atoms with Crippen LogP contribution in [0.2, 0.25) is 5.02 Å². The quantitative estimate of drug-likeness (QED) is 0.462. The molecule has 0 N–H and O–H groups in total. The van der Waals surface area contributed by atoms with Crippen LogP contribution in [0.1, 0.15) is 11.1 Å². The highest BCUT2D eigenvalue weighted by atomic mass is 79.9. The summed E-state index contributed by atoms with van der Waals surface area (Å²) in [6.07, 6.45) is 3.33. The molecule has 3 aromatic rings. The summed E-state index contributed by atoms with van der Waals surface area (Å²) in [5, 5.41) is 9.32. The molecule has 0 aliphatic rings. The summed E-state index contributed by atoms with van der Waals surface area (Å²) in [4.78, 5) is 0. The second kappa shape index (κ2) is 7.21. The van der Waals surface area contributed by atoms with Gasteiger partial charge in [-0.05, 0) is 41.5 Å². The molecule has 4 nitrogen and oxygen atoms in total. The average molecular weight is 408 g/mol. The van der Waals surface area contributed by atoms with E-state index < -0.39 is 0 Å². The van der Waals surface area contributed by atoms with E-state index in [-0.39, 0.29) is 0 Å². The molecule has 0 saturated carbocycles. The molecule has 0 aliphatic carbocycles. The maximum atomic E-state index is 6.17. The highest BCUT2D eigenvalue weighted by Crippen LogP contribution is 2.16. The third-order valence-electron chi connectivity index (χ3n) is 3.20. The van der Waals surface area contributed by atoms with E-state index in [4.69, 9.17) is 23.8 Å². The van der Waals surface area contributed by atoms with E-state index in [0.717, 1.165) is 15.6 Å². The van der Waals surface area contributed by atoms with Gasteiger partial charge in [0, 0.05) is 9.50 Å². The fourth-order valence-corrected chi connectivity index (χ4v) is 2.65. The van der Waals surface area contributed by atoms with Gasteiger partial charge in [-0.2, -0.15) is 14.9 Å². The van der Waals surface area contributed by atoms with Gasteiger partial charge in [-0.3, -0.25) is 0 Å². The van der Waals surface area contributed by atoms with Crippen molar-refractivity contribution in [2.45, 2.75) is 6.54 Å². The largest absolute Gasteiger partial charge is 0.232 e. The molecule has 0 spiro atoms. The number of hydrogen-bond acceptors (Lipinski definition) is 3. The Labute approximate surface area is 152 Å². The van der Waals surface area contributed by atoms with Gasteiger partial charge in [0.1, 0.15) is 6.33 Å². The smallest absolute Gasteiger partial charge is 0.219 e. The summed E-state index contributed by atoms with van der Waals surface area (Å²) >= 11 is 15.0. The van der Waals surface area contributed by atoms with Crippen LogP contribution < -0.4 is 0 Å². The minimum absolute atomic E-state index is 0.512. The van der Waals surface area contributed by atoms with Crippen LogP contribution in [0, 0.1) is 4.77 Å². The first-order valence-electron chi connectivity index (χ1n) is 6.81. The van der Waals surface area contributed by atoms with Crippen molar-refractivity contribution >= 4 is 46.0 Å². The zero-order chi connectivity index (χ0) is 16.2. The standard InChI is InChI=1S/C16H12BrClN4S/c17-14-7-5-12(6-8-14)9-19-22-11-20-21(16(22)23)10-13-3-1-2-4-15(13)18/h1-9,11H,10H2/b19-9+. The van der Waals surface area contributed by atoms with Crippen molar-refractivity contribution in [1.29, 1.82) is 0 Å². The Kier molecular flexibility index (Phi) is 5.05. The molecule has 23 heavy (non-hydrogen) atoms. The first-order valence-corrected chi connectivity index (χ1v) is 8.39. The Morgan fingerprint density at radius 3 is 2.65 bits per heavy atom. The third-order valence-corrected chi connectivity index (χ3v) is 4.49. The van der Waals surface area contributed by atoms with E-state index in [1.54, 1.807) is 21.9 Å². The van der Waals surface area contributed by atoms with Gasteiger partial charge in [0.2, 0.25) is 4.77 Å².